The van der Waals surface area contributed by atoms with Crippen molar-refractivity contribution in [3.63, 3.8) is 0 Å². The summed E-state index contributed by atoms with van der Waals surface area (Å²) >= 11 is 0. The van der Waals surface area contributed by atoms with Gasteiger partial charge in [-0.25, -0.2) is 4.98 Å². The van der Waals surface area contributed by atoms with Gasteiger partial charge in [-0.3, -0.25) is 0 Å². The molecule has 0 aliphatic carbocycles. The third-order valence-electron chi connectivity index (χ3n) is 2.36. The minimum Gasteiger partial charge on any atom is -0.375 e. The summed E-state index contributed by atoms with van der Waals surface area (Å²) in [7, 11) is 0. The lowest BCUT2D eigenvalue weighted by Gasteiger charge is -2.08. The van der Waals surface area contributed by atoms with Crippen molar-refractivity contribution in [1.82, 2.24) is 4.98 Å². The van der Waals surface area contributed by atoms with E-state index in [0.29, 0.717) is 5.69 Å². The Morgan fingerprint density at radius 2 is 2.11 bits per heavy atom. The van der Waals surface area contributed by atoms with Crippen LogP contribution in [-0.4, -0.2) is 24.3 Å². The van der Waals surface area contributed by atoms with Gasteiger partial charge in [0, 0.05) is 19.6 Å². The highest BCUT2D eigenvalue weighted by molar-refractivity contribution is 5.34. The Kier molecular flexibility index (Phi) is 6.62. The molecule has 19 heavy (non-hydrogen) atoms. The maximum atomic E-state index is 11.9. The van der Waals surface area contributed by atoms with E-state index in [1.54, 1.807) is 6.07 Å². The van der Waals surface area contributed by atoms with Gasteiger partial charge < -0.3 is 10.1 Å². The van der Waals surface area contributed by atoms with Crippen LogP contribution in [-0.2, 0) is 11.3 Å². The molecule has 6 heteroatoms. The average molecular weight is 276 g/mol. The maximum absolute atomic E-state index is 11.9. The molecule has 108 valence electrons. The summed E-state index contributed by atoms with van der Waals surface area (Å²) in [6, 6.07) is 5.49. The second kappa shape index (κ2) is 7.99. The summed E-state index contributed by atoms with van der Waals surface area (Å²) in [6.45, 7) is 3.22. The third-order valence-corrected chi connectivity index (χ3v) is 2.36. The van der Waals surface area contributed by atoms with Crippen molar-refractivity contribution in [2.24, 2.45) is 0 Å². The van der Waals surface area contributed by atoms with Gasteiger partial charge in [0.1, 0.15) is 5.82 Å². The van der Waals surface area contributed by atoms with Gasteiger partial charge in [0.2, 0.25) is 0 Å². The first-order chi connectivity index (χ1) is 9.01. The van der Waals surface area contributed by atoms with E-state index in [9.17, 15) is 13.2 Å². The van der Waals surface area contributed by atoms with Crippen LogP contribution in [0.2, 0.25) is 0 Å². The Labute approximate surface area is 111 Å². The average Bonchev–Trinajstić information content (AvgIpc) is 2.35. The lowest BCUT2D eigenvalue weighted by molar-refractivity contribution is -0.138. The predicted molar refractivity (Wildman–Crippen MR) is 68.0 cm³/mol. The van der Waals surface area contributed by atoms with Crippen molar-refractivity contribution >= 4 is 5.82 Å². The van der Waals surface area contributed by atoms with Gasteiger partial charge in [-0.15, -0.1) is 0 Å². The van der Waals surface area contributed by atoms with Crippen molar-refractivity contribution in [3.8, 4) is 0 Å². The van der Waals surface area contributed by atoms with Gasteiger partial charge in [0.05, 0.1) is 12.3 Å². The Bertz CT molecular complexity index is 369. The smallest absolute Gasteiger partial charge is 0.375 e. The van der Waals surface area contributed by atoms with E-state index in [-0.39, 0.29) is 19.6 Å². The largest absolute Gasteiger partial charge is 0.389 e. The zero-order valence-electron chi connectivity index (χ0n) is 11.0. The van der Waals surface area contributed by atoms with Crippen LogP contribution in [0.5, 0.6) is 0 Å². The standard InChI is InChI=1S/C13H19F3N2O/c1-2-8-17-12-6-3-5-11(18-12)10-19-9-4-7-13(14,15)16/h3,5-6H,2,4,7-10H2,1H3,(H,17,18). The van der Waals surface area contributed by atoms with E-state index in [2.05, 4.69) is 17.2 Å². The van der Waals surface area contributed by atoms with Gasteiger partial charge >= 0.3 is 6.18 Å². The highest BCUT2D eigenvalue weighted by atomic mass is 19.4. The van der Waals surface area contributed by atoms with Crippen LogP contribution in [0.3, 0.4) is 0 Å². The van der Waals surface area contributed by atoms with Crippen LogP contribution in [0, 0.1) is 0 Å². The van der Waals surface area contributed by atoms with Crippen molar-refractivity contribution in [2.45, 2.75) is 39.0 Å². The number of pyridine rings is 1. The molecule has 0 fully saturated rings. The molecule has 1 aromatic heterocycles. The Morgan fingerprint density at radius 1 is 1.32 bits per heavy atom. The van der Waals surface area contributed by atoms with E-state index < -0.39 is 12.6 Å². The van der Waals surface area contributed by atoms with Crippen molar-refractivity contribution in [1.29, 1.82) is 0 Å². The number of hydrogen-bond acceptors (Lipinski definition) is 3. The summed E-state index contributed by atoms with van der Waals surface area (Å²) in [5, 5.41) is 3.14. The number of nitrogens with zero attached hydrogens (tertiary/aromatic N) is 1. The maximum Gasteiger partial charge on any atom is 0.389 e. The fourth-order valence-electron chi connectivity index (χ4n) is 1.46. The van der Waals surface area contributed by atoms with Crippen LogP contribution >= 0.6 is 0 Å². The van der Waals surface area contributed by atoms with E-state index in [1.807, 2.05) is 12.1 Å². The highest BCUT2D eigenvalue weighted by Gasteiger charge is 2.25. The molecule has 0 aromatic carbocycles. The zero-order valence-corrected chi connectivity index (χ0v) is 11.0. The number of nitrogens with one attached hydrogen (secondary N) is 1. The van der Waals surface area contributed by atoms with E-state index >= 15 is 0 Å². The quantitative estimate of drug-likeness (QED) is 0.734. The molecule has 0 spiro atoms. The first-order valence-electron chi connectivity index (χ1n) is 6.35. The lowest BCUT2D eigenvalue weighted by Crippen LogP contribution is -2.09. The number of hydrogen-bond donors (Lipinski definition) is 1. The molecule has 0 aliphatic rings. The molecule has 1 N–H and O–H groups in total. The highest BCUT2D eigenvalue weighted by Crippen LogP contribution is 2.21. The van der Waals surface area contributed by atoms with Gasteiger partial charge in [0.15, 0.2) is 0 Å². The minimum absolute atomic E-state index is 0.0166. The van der Waals surface area contributed by atoms with Gasteiger partial charge in [0.25, 0.3) is 0 Å². The van der Waals surface area contributed by atoms with Gasteiger partial charge in [-0.05, 0) is 25.0 Å². The summed E-state index contributed by atoms with van der Waals surface area (Å²) in [5.41, 5.74) is 0.716. The predicted octanol–water partition coefficient (Wildman–Crippen LogP) is 3.76. The minimum atomic E-state index is -4.11. The normalized spacial score (nSPS) is 11.6. The summed E-state index contributed by atoms with van der Waals surface area (Å²) in [4.78, 5) is 4.30. The molecular weight excluding hydrogens is 257 g/mol. The fourth-order valence-corrected chi connectivity index (χ4v) is 1.46. The van der Waals surface area contributed by atoms with Crippen molar-refractivity contribution in [3.05, 3.63) is 23.9 Å². The number of halogens is 3. The third kappa shape index (κ3) is 7.66. The summed E-state index contributed by atoms with van der Waals surface area (Å²) < 4.78 is 40.9. The number of rotatable bonds is 8. The van der Waals surface area contributed by atoms with Crippen LogP contribution in [0.25, 0.3) is 0 Å². The Balaban J connectivity index is 2.25. The van der Waals surface area contributed by atoms with Crippen LogP contribution in [0.15, 0.2) is 18.2 Å². The molecular formula is C13H19F3N2O. The molecule has 0 saturated carbocycles. The fraction of sp³-hybridized carbons (Fsp3) is 0.615. The summed E-state index contributed by atoms with van der Waals surface area (Å²) in [6.07, 6.45) is -3.93. The van der Waals surface area contributed by atoms with Gasteiger partial charge in [-0.1, -0.05) is 13.0 Å². The molecule has 0 saturated heterocycles. The van der Waals surface area contributed by atoms with Gasteiger partial charge in [-0.2, -0.15) is 13.2 Å². The zero-order chi connectivity index (χ0) is 14.1. The molecule has 1 aromatic rings. The van der Waals surface area contributed by atoms with E-state index in [4.69, 9.17) is 4.74 Å². The molecule has 0 atom stereocenters. The molecule has 0 aliphatic heterocycles. The van der Waals surface area contributed by atoms with Crippen LogP contribution in [0.4, 0.5) is 19.0 Å². The Hall–Kier alpha value is -1.30. The number of alkyl halides is 3. The first-order valence-corrected chi connectivity index (χ1v) is 6.35. The van der Waals surface area contributed by atoms with Crippen LogP contribution in [0.1, 0.15) is 31.9 Å². The molecule has 0 radical (unpaired) electrons. The molecule has 3 nitrogen and oxygen atoms in total. The first kappa shape index (κ1) is 15.8. The topological polar surface area (TPSA) is 34.1 Å². The van der Waals surface area contributed by atoms with Crippen molar-refractivity contribution < 1.29 is 17.9 Å². The molecule has 0 bridgehead atoms. The molecule has 1 heterocycles. The number of aromatic nitrogens is 1. The van der Waals surface area contributed by atoms with E-state index in [1.165, 1.54) is 0 Å². The molecule has 0 amide bonds. The van der Waals surface area contributed by atoms with Crippen molar-refractivity contribution in [2.75, 3.05) is 18.5 Å². The Morgan fingerprint density at radius 3 is 2.79 bits per heavy atom. The lowest BCUT2D eigenvalue weighted by atomic mass is 10.3. The number of ether oxygens (including phenoxy) is 1. The molecule has 1 rings (SSSR count). The molecule has 0 unspecified atom stereocenters. The summed E-state index contributed by atoms with van der Waals surface area (Å²) in [5.74, 6) is 0.762. The van der Waals surface area contributed by atoms with E-state index in [0.717, 1.165) is 18.8 Å². The monoisotopic (exact) mass is 276 g/mol. The SMILES string of the molecule is CCCNc1cccc(COCCCC(F)(F)F)n1. The second-order valence-electron chi connectivity index (χ2n) is 4.21. The number of anilines is 1. The second-order valence-corrected chi connectivity index (χ2v) is 4.21. The van der Waals surface area contributed by atoms with Crippen LogP contribution < -0.4 is 5.32 Å².